The predicted molar refractivity (Wildman–Crippen MR) is 64.8 cm³/mol. The zero-order valence-corrected chi connectivity index (χ0v) is 10.0. The number of methoxy groups -OCH3 is 2. The van der Waals surface area contributed by atoms with E-state index in [-0.39, 0.29) is 5.56 Å². The van der Waals surface area contributed by atoms with Crippen molar-refractivity contribution in [3.63, 3.8) is 0 Å². The van der Waals surface area contributed by atoms with E-state index in [0.717, 1.165) is 17.5 Å². The minimum atomic E-state index is -0.241. The summed E-state index contributed by atoms with van der Waals surface area (Å²) in [6.45, 7) is 1.98. The van der Waals surface area contributed by atoms with Crippen LogP contribution in [-0.4, -0.2) is 24.4 Å². The average molecular weight is 234 g/mol. The number of benzene rings is 1. The molecule has 1 heterocycles. The lowest BCUT2D eigenvalue weighted by Gasteiger charge is -2.10. The maximum Gasteiger partial charge on any atom is 0.272 e. The molecule has 5 heteroatoms. The molecule has 0 saturated heterocycles. The Morgan fingerprint density at radius 1 is 1.29 bits per heavy atom. The first-order valence-electron chi connectivity index (χ1n) is 5.34. The van der Waals surface area contributed by atoms with Crippen LogP contribution in [0.5, 0.6) is 11.5 Å². The third kappa shape index (κ3) is 1.84. The number of nitrogens with zero attached hydrogens (tertiary/aromatic N) is 1. The highest BCUT2D eigenvalue weighted by atomic mass is 16.5. The molecule has 90 valence electrons. The van der Waals surface area contributed by atoms with Gasteiger partial charge in [0.2, 0.25) is 0 Å². The maximum atomic E-state index is 11.8. The molecule has 0 saturated carbocycles. The Kier molecular flexibility index (Phi) is 2.99. The molecule has 17 heavy (non-hydrogen) atoms. The van der Waals surface area contributed by atoms with E-state index < -0.39 is 0 Å². The van der Waals surface area contributed by atoms with Crippen LogP contribution in [0.2, 0.25) is 0 Å². The lowest BCUT2D eigenvalue weighted by molar-refractivity contribution is 0.397. The molecule has 0 unspecified atom stereocenters. The number of nitrogens with one attached hydrogen (secondary N) is 1. The fourth-order valence-corrected chi connectivity index (χ4v) is 1.84. The molecule has 0 spiro atoms. The third-order valence-electron chi connectivity index (χ3n) is 2.69. The summed E-state index contributed by atoms with van der Waals surface area (Å²) in [6, 6.07) is 3.44. The van der Waals surface area contributed by atoms with Crippen LogP contribution in [0.3, 0.4) is 0 Å². The normalized spacial score (nSPS) is 10.5. The zero-order valence-electron chi connectivity index (χ0n) is 10.0. The molecular formula is C12H14N2O3. The number of fused-ring (bicyclic) bond motifs is 1. The average Bonchev–Trinajstić information content (AvgIpc) is 2.38. The van der Waals surface area contributed by atoms with E-state index in [4.69, 9.17) is 9.47 Å². The SMILES string of the molecule is CCc1n[nH]c(=O)c2cc(OC)cc(OC)c12. The summed E-state index contributed by atoms with van der Waals surface area (Å²) in [5, 5.41) is 7.80. The fourth-order valence-electron chi connectivity index (χ4n) is 1.84. The van der Waals surface area contributed by atoms with Gasteiger partial charge in [0.25, 0.3) is 5.56 Å². The maximum absolute atomic E-state index is 11.8. The van der Waals surface area contributed by atoms with E-state index in [2.05, 4.69) is 10.2 Å². The second-order valence-electron chi connectivity index (χ2n) is 3.61. The summed E-state index contributed by atoms with van der Waals surface area (Å²) in [7, 11) is 3.12. The van der Waals surface area contributed by atoms with Crippen molar-refractivity contribution >= 4 is 10.8 Å². The standard InChI is InChI=1S/C12H14N2O3/c1-4-9-11-8(12(15)14-13-9)5-7(16-2)6-10(11)17-3/h5-6H,4H2,1-3H3,(H,14,15). The summed E-state index contributed by atoms with van der Waals surface area (Å²) in [5.74, 6) is 1.20. The molecule has 0 aliphatic heterocycles. The Balaban J connectivity index is 2.92. The van der Waals surface area contributed by atoms with Crippen molar-refractivity contribution in [1.29, 1.82) is 0 Å². The van der Waals surface area contributed by atoms with Gasteiger partial charge in [0.05, 0.1) is 30.7 Å². The number of aryl methyl sites for hydroxylation is 1. The molecule has 2 aromatic rings. The summed E-state index contributed by atoms with van der Waals surface area (Å²) in [6.07, 6.45) is 0.718. The van der Waals surface area contributed by atoms with Gasteiger partial charge in [-0.2, -0.15) is 5.10 Å². The first kappa shape index (κ1) is 11.4. The fraction of sp³-hybridized carbons (Fsp3) is 0.333. The number of H-pyrrole nitrogens is 1. The number of hydrogen-bond acceptors (Lipinski definition) is 4. The minimum absolute atomic E-state index is 0.241. The van der Waals surface area contributed by atoms with Crippen LogP contribution < -0.4 is 15.0 Å². The van der Waals surface area contributed by atoms with Crippen molar-refractivity contribution in [2.75, 3.05) is 14.2 Å². The van der Waals surface area contributed by atoms with Gasteiger partial charge < -0.3 is 9.47 Å². The number of ether oxygens (including phenoxy) is 2. The molecule has 0 fully saturated rings. The van der Waals surface area contributed by atoms with Gasteiger partial charge in [0.15, 0.2) is 0 Å². The van der Waals surface area contributed by atoms with E-state index in [1.165, 1.54) is 0 Å². The smallest absolute Gasteiger partial charge is 0.272 e. The molecule has 1 aromatic heterocycles. The van der Waals surface area contributed by atoms with Crippen LogP contribution in [0.4, 0.5) is 0 Å². The molecule has 5 nitrogen and oxygen atoms in total. The molecular weight excluding hydrogens is 220 g/mol. The van der Waals surface area contributed by atoms with Gasteiger partial charge in [-0.15, -0.1) is 0 Å². The summed E-state index contributed by atoms with van der Waals surface area (Å²) < 4.78 is 10.4. The number of aromatic amines is 1. The van der Waals surface area contributed by atoms with E-state index in [0.29, 0.717) is 16.9 Å². The molecule has 2 rings (SSSR count). The van der Waals surface area contributed by atoms with Crippen molar-refractivity contribution in [3.8, 4) is 11.5 Å². The first-order valence-corrected chi connectivity index (χ1v) is 5.34. The van der Waals surface area contributed by atoms with Gasteiger partial charge >= 0.3 is 0 Å². The lowest BCUT2D eigenvalue weighted by Crippen LogP contribution is -2.11. The van der Waals surface area contributed by atoms with Gasteiger partial charge in [0, 0.05) is 6.07 Å². The number of aromatic nitrogens is 2. The second-order valence-corrected chi connectivity index (χ2v) is 3.61. The van der Waals surface area contributed by atoms with Crippen LogP contribution in [0.15, 0.2) is 16.9 Å². The number of hydrogen-bond donors (Lipinski definition) is 1. The summed E-state index contributed by atoms with van der Waals surface area (Å²) >= 11 is 0. The summed E-state index contributed by atoms with van der Waals surface area (Å²) in [5.41, 5.74) is 0.563. The predicted octanol–water partition coefficient (Wildman–Crippen LogP) is 1.50. The van der Waals surface area contributed by atoms with Gasteiger partial charge in [-0.05, 0) is 12.5 Å². The van der Waals surface area contributed by atoms with Crippen LogP contribution >= 0.6 is 0 Å². The lowest BCUT2D eigenvalue weighted by atomic mass is 10.1. The highest BCUT2D eigenvalue weighted by molar-refractivity contribution is 5.90. The Morgan fingerprint density at radius 2 is 2.06 bits per heavy atom. The highest BCUT2D eigenvalue weighted by Gasteiger charge is 2.12. The topological polar surface area (TPSA) is 64.2 Å². The van der Waals surface area contributed by atoms with E-state index >= 15 is 0 Å². The van der Waals surface area contributed by atoms with Gasteiger partial charge in [-0.25, -0.2) is 5.10 Å². The van der Waals surface area contributed by atoms with Crippen molar-refractivity contribution < 1.29 is 9.47 Å². The van der Waals surface area contributed by atoms with E-state index in [1.807, 2.05) is 6.92 Å². The van der Waals surface area contributed by atoms with Gasteiger partial charge in [-0.3, -0.25) is 4.79 Å². The van der Waals surface area contributed by atoms with Crippen molar-refractivity contribution in [2.45, 2.75) is 13.3 Å². The van der Waals surface area contributed by atoms with E-state index in [1.54, 1.807) is 26.4 Å². The Hall–Kier alpha value is -2.04. The first-order chi connectivity index (χ1) is 8.21. The quantitative estimate of drug-likeness (QED) is 0.874. The molecule has 1 aromatic carbocycles. The molecule has 0 amide bonds. The monoisotopic (exact) mass is 234 g/mol. The molecule has 0 aliphatic carbocycles. The molecule has 0 atom stereocenters. The third-order valence-corrected chi connectivity index (χ3v) is 2.69. The highest BCUT2D eigenvalue weighted by Crippen LogP contribution is 2.30. The van der Waals surface area contributed by atoms with Crippen molar-refractivity contribution in [1.82, 2.24) is 10.2 Å². The Labute approximate surface area is 98.4 Å². The van der Waals surface area contributed by atoms with Crippen molar-refractivity contribution in [2.24, 2.45) is 0 Å². The number of rotatable bonds is 3. The van der Waals surface area contributed by atoms with Gasteiger partial charge in [0.1, 0.15) is 11.5 Å². The largest absolute Gasteiger partial charge is 0.497 e. The van der Waals surface area contributed by atoms with Crippen LogP contribution in [0, 0.1) is 0 Å². The summed E-state index contributed by atoms with van der Waals surface area (Å²) in [4.78, 5) is 11.8. The minimum Gasteiger partial charge on any atom is -0.497 e. The molecule has 1 N–H and O–H groups in total. The van der Waals surface area contributed by atoms with E-state index in [9.17, 15) is 4.79 Å². The van der Waals surface area contributed by atoms with Crippen molar-refractivity contribution in [3.05, 3.63) is 28.2 Å². The molecule has 0 radical (unpaired) electrons. The second kappa shape index (κ2) is 4.45. The molecule has 0 bridgehead atoms. The van der Waals surface area contributed by atoms with Crippen LogP contribution in [0.25, 0.3) is 10.8 Å². The van der Waals surface area contributed by atoms with Crippen LogP contribution in [0.1, 0.15) is 12.6 Å². The molecule has 0 aliphatic rings. The van der Waals surface area contributed by atoms with Crippen LogP contribution in [-0.2, 0) is 6.42 Å². The van der Waals surface area contributed by atoms with Gasteiger partial charge in [-0.1, -0.05) is 6.92 Å². The Bertz CT molecular complexity index is 604. The zero-order chi connectivity index (χ0) is 12.4. The Morgan fingerprint density at radius 3 is 2.65 bits per heavy atom.